The summed E-state index contributed by atoms with van der Waals surface area (Å²) in [5.74, 6) is -0.857. The molecule has 3 atom stereocenters. The van der Waals surface area contributed by atoms with Crippen molar-refractivity contribution < 1.29 is 19.4 Å². The maximum absolute atomic E-state index is 12.1. The number of ether oxygens (including phenoxy) is 1. The van der Waals surface area contributed by atoms with Gasteiger partial charge in [-0.1, -0.05) is 23.1 Å². The maximum atomic E-state index is 12.1. The standard InChI is InChI=1S/C12H12N4O4S2/c1-4-14-15-12(22-4)21-2-5-7(11(18)19)16-8-6(10(16)17)13-3-20-9(5)8/h6,8-9,13H,2-3H2,1H3,(H,18,19)/t6-,8-,9?/m0/s1. The lowest BCUT2D eigenvalue weighted by Gasteiger charge is -2.48. The van der Waals surface area contributed by atoms with Gasteiger partial charge in [-0.3, -0.25) is 15.0 Å². The molecule has 8 nitrogen and oxygen atoms in total. The second kappa shape index (κ2) is 5.01. The average molecular weight is 340 g/mol. The summed E-state index contributed by atoms with van der Waals surface area (Å²) in [5.41, 5.74) is 0.710. The number of aryl methyl sites for hydroxylation is 1. The Morgan fingerprint density at radius 3 is 3.09 bits per heavy atom. The fourth-order valence-corrected chi connectivity index (χ4v) is 4.95. The normalized spacial score (nSPS) is 29.6. The van der Waals surface area contributed by atoms with E-state index in [2.05, 4.69) is 15.5 Å². The minimum Gasteiger partial charge on any atom is -0.477 e. The van der Waals surface area contributed by atoms with Crippen molar-refractivity contribution in [2.45, 2.75) is 29.5 Å². The third kappa shape index (κ3) is 1.91. The lowest BCUT2D eigenvalue weighted by Crippen LogP contribution is -2.73. The van der Waals surface area contributed by atoms with Crippen LogP contribution in [0.5, 0.6) is 0 Å². The molecule has 116 valence electrons. The molecule has 10 heteroatoms. The van der Waals surface area contributed by atoms with E-state index in [1.807, 2.05) is 6.92 Å². The fraction of sp³-hybridized carbons (Fsp3) is 0.500. The number of carboxylic acids is 1. The van der Waals surface area contributed by atoms with Gasteiger partial charge in [-0.15, -0.1) is 10.2 Å². The molecule has 1 aromatic rings. The number of carbonyl (C=O) groups is 2. The monoisotopic (exact) mass is 340 g/mol. The smallest absolute Gasteiger partial charge is 0.352 e. The van der Waals surface area contributed by atoms with E-state index in [0.717, 1.165) is 9.35 Å². The maximum Gasteiger partial charge on any atom is 0.352 e. The van der Waals surface area contributed by atoms with Gasteiger partial charge in [0.15, 0.2) is 4.34 Å². The summed E-state index contributed by atoms with van der Waals surface area (Å²) in [4.78, 5) is 25.0. The van der Waals surface area contributed by atoms with Crippen molar-refractivity contribution in [3.05, 3.63) is 16.3 Å². The van der Waals surface area contributed by atoms with Crippen LogP contribution in [0.25, 0.3) is 0 Å². The van der Waals surface area contributed by atoms with Gasteiger partial charge in [-0.25, -0.2) is 4.79 Å². The van der Waals surface area contributed by atoms with E-state index in [-0.39, 0.29) is 36.5 Å². The lowest BCUT2D eigenvalue weighted by atomic mass is 9.91. The molecule has 0 saturated carbocycles. The number of rotatable bonds is 4. The summed E-state index contributed by atoms with van der Waals surface area (Å²) in [6, 6.07) is -0.571. The molecule has 2 N–H and O–H groups in total. The van der Waals surface area contributed by atoms with Gasteiger partial charge >= 0.3 is 5.97 Å². The van der Waals surface area contributed by atoms with Crippen molar-refractivity contribution in [1.29, 1.82) is 0 Å². The number of nitrogens with zero attached hydrogens (tertiary/aromatic N) is 3. The van der Waals surface area contributed by atoms with Crippen molar-refractivity contribution in [2.75, 3.05) is 12.5 Å². The third-order valence-electron chi connectivity index (χ3n) is 3.97. The van der Waals surface area contributed by atoms with Gasteiger partial charge in [0.25, 0.3) is 0 Å². The number of hydrogen-bond acceptors (Lipinski definition) is 8. The van der Waals surface area contributed by atoms with Gasteiger partial charge in [0.05, 0.1) is 12.8 Å². The van der Waals surface area contributed by atoms with E-state index >= 15 is 0 Å². The van der Waals surface area contributed by atoms with E-state index in [1.165, 1.54) is 28.0 Å². The first-order valence-electron chi connectivity index (χ1n) is 6.65. The van der Waals surface area contributed by atoms with Crippen LogP contribution in [-0.2, 0) is 14.3 Å². The molecule has 2 saturated heterocycles. The van der Waals surface area contributed by atoms with E-state index in [0.29, 0.717) is 11.3 Å². The first-order valence-corrected chi connectivity index (χ1v) is 8.45. The Morgan fingerprint density at radius 1 is 1.59 bits per heavy atom. The zero-order valence-corrected chi connectivity index (χ0v) is 13.1. The molecule has 3 aliphatic heterocycles. The summed E-state index contributed by atoms with van der Waals surface area (Å²) in [6.45, 7) is 2.12. The van der Waals surface area contributed by atoms with Crippen LogP contribution in [0.15, 0.2) is 15.6 Å². The zero-order chi connectivity index (χ0) is 15.4. The molecule has 1 amide bonds. The Labute approximate surface area is 133 Å². The summed E-state index contributed by atoms with van der Waals surface area (Å²) >= 11 is 2.88. The number of nitrogens with one attached hydrogen (secondary N) is 1. The minimum atomic E-state index is -1.09. The number of carboxylic acid groups (broad SMARTS) is 1. The quantitative estimate of drug-likeness (QED) is 0.574. The molecule has 2 fully saturated rings. The van der Waals surface area contributed by atoms with Crippen molar-refractivity contribution in [3.8, 4) is 0 Å². The summed E-state index contributed by atoms with van der Waals surface area (Å²) in [7, 11) is 0. The minimum absolute atomic E-state index is 0.0636. The third-order valence-corrected chi connectivity index (χ3v) is 5.99. The van der Waals surface area contributed by atoms with Crippen molar-refractivity contribution in [3.63, 3.8) is 0 Å². The van der Waals surface area contributed by atoms with Gasteiger partial charge < -0.3 is 9.84 Å². The van der Waals surface area contributed by atoms with Gasteiger partial charge in [0, 0.05) is 11.3 Å². The first-order chi connectivity index (χ1) is 10.6. The molecule has 0 bridgehead atoms. The predicted octanol–water partition coefficient (Wildman–Crippen LogP) is -0.184. The summed E-state index contributed by atoms with van der Waals surface area (Å²) < 4.78 is 6.44. The highest BCUT2D eigenvalue weighted by Crippen LogP contribution is 2.43. The molecule has 22 heavy (non-hydrogen) atoms. The second-order valence-electron chi connectivity index (χ2n) is 5.17. The second-order valence-corrected chi connectivity index (χ2v) is 7.57. The number of aliphatic carboxylic acids is 1. The molecular weight excluding hydrogens is 328 g/mol. The first kappa shape index (κ1) is 14.1. The fourth-order valence-electron chi connectivity index (χ4n) is 3.08. The Morgan fingerprint density at radius 2 is 2.41 bits per heavy atom. The number of aromatic nitrogens is 2. The van der Waals surface area contributed by atoms with Gasteiger partial charge in [-0.2, -0.15) is 0 Å². The molecule has 1 unspecified atom stereocenters. The van der Waals surface area contributed by atoms with E-state index in [4.69, 9.17) is 4.74 Å². The van der Waals surface area contributed by atoms with Gasteiger partial charge in [0.1, 0.15) is 22.9 Å². The lowest BCUT2D eigenvalue weighted by molar-refractivity contribution is -0.163. The number of amides is 1. The van der Waals surface area contributed by atoms with Crippen molar-refractivity contribution in [1.82, 2.24) is 20.4 Å². The van der Waals surface area contributed by atoms with E-state index in [9.17, 15) is 14.7 Å². The SMILES string of the molecule is Cc1nnc(SCC2=C(C(=O)O)N3C(=O)[C@H]4NCOC2[C@H]43)s1. The zero-order valence-electron chi connectivity index (χ0n) is 11.5. The van der Waals surface area contributed by atoms with Gasteiger partial charge in [-0.05, 0) is 6.92 Å². The Balaban J connectivity index is 1.63. The van der Waals surface area contributed by atoms with Crippen molar-refractivity contribution in [2.24, 2.45) is 0 Å². The van der Waals surface area contributed by atoms with Crippen molar-refractivity contribution >= 4 is 35.0 Å². The molecule has 3 aliphatic rings. The summed E-state index contributed by atoms with van der Waals surface area (Å²) in [5, 5.41) is 21.3. The van der Waals surface area contributed by atoms with Crippen LogP contribution < -0.4 is 5.32 Å². The van der Waals surface area contributed by atoms with Crippen LogP contribution in [0.2, 0.25) is 0 Å². The molecule has 0 spiro atoms. The predicted molar refractivity (Wildman–Crippen MR) is 77.3 cm³/mol. The molecular formula is C12H12N4O4S2. The Hall–Kier alpha value is -1.49. The van der Waals surface area contributed by atoms with E-state index < -0.39 is 5.97 Å². The molecule has 0 radical (unpaired) electrons. The van der Waals surface area contributed by atoms with Crippen LogP contribution in [0.1, 0.15) is 5.01 Å². The molecule has 0 aliphatic carbocycles. The largest absolute Gasteiger partial charge is 0.477 e. The van der Waals surface area contributed by atoms with E-state index in [1.54, 1.807) is 0 Å². The number of carbonyl (C=O) groups excluding carboxylic acids is 1. The van der Waals surface area contributed by atoms with Crippen LogP contribution in [0, 0.1) is 6.92 Å². The molecule has 4 heterocycles. The Kier molecular flexibility index (Phi) is 3.22. The molecule has 1 aromatic heterocycles. The number of β-lactam (4-membered cyclic amide) rings is 1. The van der Waals surface area contributed by atoms with Gasteiger partial charge in [0.2, 0.25) is 5.91 Å². The topological polar surface area (TPSA) is 105 Å². The highest BCUT2D eigenvalue weighted by molar-refractivity contribution is 8.01. The van der Waals surface area contributed by atoms with Crippen LogP contribution in [0.4, 0.5) is 0 Å². The number of hydrogen-bond donors (Lipinski definition) is 2. The number of thioether (sulfide) groups is 1. The van der Waals surface area contributed by atoms with Crippen LogP contribution >= 0.6 is 23.1 Å². The highest BCUT2D eigenvalue weighted by atomic mass is 32.2. The van der Waals surface area contributed by atoms with Crippen LogP contribution in [-0.4, -0.2) is 62.8 Å². The molecule has 4 rings (SSSR count). The molecule has 0 aromatic carbocycles. The van der Waals surface area contributed by atoms with Crippen LogP contribution in [0.3, 0.4) is 0 Å². The Bertz CT molecular complexity index is 703. The highest BCUT2D eigenvalue weighted by Gasteiger charge is 2.61. The summed E-state index contributed by atoms with van der Waals surface area (Å²) in [6.07, 6.45) is -0.350. The average Bonchev–Trinajstić information content (AvgIpc) is 3.04.